The second-order valence-corrected chi connectivity index (χ2v) is 4.82. The zero-order chi connectivity index (χ0) is 11.4. The molecule has 1 N–H and O–H groups in total. The summed E-state index contributed by atoms with van der Waals surface area (Å²) >= 11 is 0. The van der Waals surface area contributed by atoms with E-state index in [1.54, 1.807) is 12.1 Å². The number of hydrogen-bond donors (Lipinski definition) is 1. The lowest BCUT2D eigenvalue weighted by atomic mass is 9.91. The molecule has 1 fully saturated rings. The summed E-state index contributed by atoms with van der Waals surface area (Å²) in [4.78, 5) is 0. The predicted octanol–water partition coefficient (Wildman–Crippen LogP) is 3.07. The van der Waals surface area contributed by atoms with Gasteiger partial charge in [-0.3, -0.25) is 0 Å². The highest BCUT2D eigenvalue weighted by Gasteiger charge is 2.13. The van der Waals surface area contributed by atoms with Crippen molar-refractivity contribution in [2.75, 3.05) is 13.1 Å². The Labute approximate surface area is 97.1 Å². The molecule has 0 bridgehead atoms. The summed E-state index contributed by atoms with van der Waals surface area (Å²) in [5.41, 5.74) is 2.38. The second kappa shape index (κ2) is 5.44. The van der Waals surface area contributed by atoms with Gasteiger partial charge in [0.25, 0.3) is 0 Å². The molecule has 0 spiro atoms. The molecule has 1 unspecified atom stereocenters. The van der Waals surface area contributed by atoms with E-state index in [9.17, 15) is 4.39 Å². The van der Waals surface area contributed by atoms with E-state index >= 15 is 0 Å². The van der Waals surface area contributed by atoms with Gasteiger partial charge < -0.3 is 5.32 Å². The van der Waals surface area contributed by atoms with Crippen LogP contribution in [0.15, 0.2) is 18.2 Å². The lowest BCUT2D eigenvalue weighted by Crippen LogP contribution is -2.29. The van der Waals surface area contributed by atoms with Gasteiger partial charge in [0.15, 0.2) is 0 Å². The number of hydrogen-bond acceptors (Lipinski definition) is 1. The smallest absolute Gasteiger partial charge is 0.123 e. The summed E-state index contributed by atoms with van der Waals surface area (Å²) in [6.45, 7) is 4.32. The molecule has 1 heterocycles. The van der Waals surface area contributed by atoms with E-state index < -0.39 is 0 Å². The molecule has 1 aromatic rings. The highest BCUT2D eigenvalue weighted by atomic mass is 19.1. The van der Waals surface area contributed by atoms with Crippen LogP contribution < -0.4 is 5.32 Å². The monoisotopic (exact) mass is 221 g/mol. The number of piperidine rings is 1. The highest BCUT2D eigenvalue weighted by molar-refractivity contribution is 5.26. The van der Waals surface area contributed by atoms with Gasteiger partial charge in [0.2, 0.25) is 0 Å². The fourth-order valence-electron chi connectivity index (χ4n) is 2.47. The van der Waals surface area contributed by atoms with Crippen LogP contribution >= 0.6 is 0 Å². The quantitative estimate of drug-likeness (QED) is 0.827. The Morgan fingerprint density at radius 2 is 2.31 bits per heavy atom. The molecular formula is C14H20FN. The fourth-order valence-corrected chi connectivity index (χ4v) is 2.47. The molecule has 1 saturated heterocycles. The summed E-state index contributed by atoms with van der Waals surface area (Å²) < 4.78 is 12.9. The van der Waals surface area contributed by atoms with Crippen LogP contribution in [0.3, 0.4) is 0 Å². The second-order valence-electron chi connectivity index (χ2n) is 4.82. The van der Waals surface area contributed by atoms with Crippen molar-refractivity contribution in [1.29, 1.82) is 0 Å². The maximum Gasteiger partial charge on any atom is 0.123 e. The van der Waals surface area contributed by atoms with Crippen LogP contribution in [0.5, 0.6) is 0 Å². The highest BCUT2D eigenvalue weighted by Crippen LogP contribution is 2.19. The number of nitrogens with one attached hydrogen (secondary N) is 1. The Kier molecular flexibility index (Phi) is 3.94. The molecule has 1 aliphatic rings. The molecule has 0 amide bonds. The van der Waals surface area contributed by atoms with Crippen LogP contribution in [-0.4, -0.2) is 13.1 Å². The van der Waals surface area contributed by atoms with Crippen molar-refractivity contribution in [2.45, 2.75) is 32.6 Å². The minimum absolute atomic E-state index is 0.124. The maximum atomic E-state index is 12.9. The fraction of sp³-hybridized carbons (Fsp3) is 0.571. The molecule has 2 rings (SSSR count). The summed E-state index contributed by atoms with van der Waals surface area (Å²) in [6, 6.07) is 5.14. The maximum absolute atomic E-state index is 12.9. The zero-order valence-corrected chi connectivity index (χ0v) is 9.93. The Morgan fingerprint density at radius 1 is 1.44 bits per heavy atom. The third-order valence-corrected chi connectivity index (χ3v) is 3.53. The minimum Gasteiger partial charge on any atom is -0.316 e. The first-order valence-corrected chi connectivity index (χ1v) is 6.21. The van der Waals surface area contributed by atoms with Gasteiger partial charge in [-0.05, 0) is 74.9 Å². The van der Waals surface area contributed by atoms with E-state index in [0.29, 0.717) is 0 Å². The largest absolute Gasteiger partial charge is 0.316 e. The van der Waals surface area contributed by atoms with Gasteiger partial charge in [0.05, 0.1) is 0 Å². The predicted molar refractivity (Wildman–Crippen MR) is 65.1 cm³/mol. The van der Waals surface area contributed by atoms with Crippen molar-refractivity contribution in [2.24, 2.45) is 5.92 Å². The summed E-state index contributed by atoms with van der Waals surface area (Å²) in [5, 5.41) is 3.43. The van der Waals surface area contributed by atoms with Crippen LogP contribution in [-0.2, 0) is 6.42 Å². The number of rotatable bonds is 3. The first kappa shape index (κ1) is 11.6. The van der Waals surface area contributed by atoms with Crippen molar-refractivity contribution in [3.8, 4) is 0 Å². The van der Waals surface area contributed by atoms with E-state index in [4.69, 9.17) is 0 Å². The average Bonchev–Trinajstić information content (AvgIpc) is 2.29. The van der Waals surface area contributed by atoms with Crippen LogP contribution in [0, 0.1) is 18.7 Å². The Bertz CT molecular complexity index is 343. The molecule has 0 radical (unpaired) electrons. The average molecular weight is 221 g/mol. The minimum atomic E-state index is -0.124. The summed E-state index contributed by atoms with van der Waals surface area (Å²) in [5.74, 6) is 0.679. The van der Waals surface area contributed by atoms with Gasteiger partial charge in [-0.1, -0.05) is 6.07 Å². The van der Waals surface area contributed by atoms with Crippen LogP contribution in [0.2, 0.25) is 0 Å². The summed E-state index contributed by atoms with van der Waals surface area (Å²) in [6.07, 6.45) is 4.94. The molecular weight excluding hydrogens is 201 g/mol. The van der Waals surface area contributed by atoms with Crippen molar-refractivity contribution in [1.82, 2.24) is 5.32 Å². The third-order valence-electron chi connectivity index (χ3n) is 3.53. The molecule has 1 atom stereocenters. The molecule has 2 heteroatoms. The van der Waals surface area contributed by atoms with Crippen molar-refractivity contribution in [3.05, 3.63) is 35.1 Å². The van der Waals surface area contributed by atoms with E-state index in [2.05, 4.69) is 5.32 Å². The standard InChI is InChI=1S/C14H20FN/c1-11-9-14(15)7-6-13(11)5-4-12-3-2-8-16-10-12/h6-7,9,12,16H,2-5,8,10H2,1H3. The van der Waals surface area contributed by atoms with E-state index in [0.717, 1.165) is 24.4 Å². The van der Waals surface area contributed by atoms with Gasteiger partial charge in [-0.15, -0.1) is 0 Å². The van der Waals surface area contributed by atoms with Crippen molar-refractivity contribution >= 4 is 0 Å². The van der Waals surface area contributed by atoms with Crippen LogP contribution in [0.25, 0.3) is 0 Å². The number of aryl methyl sites for hydroxylation is 2. The molecule has 1 aromatic carbocycles. The van der Waals surface area contributed by atoms with Gasteiger partial charge >= 0.3 is 0 Å². The first-order chi connectivity index (χ1) is 7.75. The number of benzene rings is 1. The van der Waals surface area contributed by atoms with E-state index in [-0.39, 0.29) is 5.82 Å². The molecule has 0 saturated carbocycles. The molecule has 1 aliphatic heterocycles. The normalized spacial score (nSPS) is 21.0. The molecule has 1 nitrogen and oxygen atoms in total. The van der Waals surface area contributed by atoms with Crippen LogP contribution in [0.1, 0.15) is 30.4 Å². The molecule has 88 valence electrons. The molecule has 16 heavy (non-hydrogen) atoms. The summed E-state index contributed by atoms with van der Waals surface area (Å²) in [7, 11) is 0. The number of halogens is 1. The molecule has 0 aliphatic carbocycles. The Balaban J connectivity index is 1.88. The lowest BCUT2D eigenvalue weighted by Gasteiger charge is -2.22. The van der Waals surface area contributed by atoms with Crippen molar-refractivity contribution < 1.29 is 4.39 Å². The Hall–Kier alpha value is -0.890. The van der Waals surface area contributed by atoms with Gasteiger partial charge in [-0.25, -0.2) is 4.39 Å². The zero-order valence-electron chi connectivity index (χ0n) is 9.93. The third kappa shape index (κ3) is 3.05. The first-order valence-electron chi connectivity index (χ1n) is 6.21. The molecule has 0 aromatic heterocycles. The van der Waals surface area contributed by atoms with Crippen molar-refractivity contribution in [3.63, 3.8) is 0 Å². The lowest BCUT2D eigenvalue weighted by molar-refractivity contribution is 0.358. The topological polar surface area (TPSA) is 12.0 Å². The van der Waals surface area contributed by atoms with Crippen LogP contribution in [0.4, 0.5) is 4.39 Å². The van der Waals surface area contributed by atoms with Gasteiger partial charge in [0.1, 0.15) is 5.82 Å². The Morgan fingerprint density at radius 3 is 3.00 bits per heavy atom. The SMILES string of the molecule is Cc1cc(F)ccc1CCC1CCCNC1. The van der Waals surface area contributed by atoms with Gasteiger partial charge in [-0.2, -0.15) is 0 Å². The van der Waals surface area contributed by atoms with E-state index in [1.807, 2.05) is 13.0 Å². The van der Waals surface area contributed by atoms with E-state index in [1.165, 1.54) is 31.4 Å². The van der Waals surface area contributed by atoms with Gasteiger partial charge in [0, 0.05) is 0 Å².